The number of hydrogen-bond acceptors (Lipinski definition) is 3. The van der Waals surface area contributed by atoms with E-state index in [0.717, 1.165) is 53.6 Å². The Bertz CT molecular complexity index is 1130. The monoisotopic (exact) mass is 396 g/mol. The zero-order valence-corrected chi connectivity index (χ0v) is 15.8. The molecule has 0 N–H and O–H groups in total. The van der Waals surface area contributed by atoms with Crippen LogP contribution in [0, 0.1) is 0 Å². The van der Waals surface area contributed by atoms with Crippen LogP contribution in [0.4, 0.5) is 13.2 Å². The van der Waals surface area contributed by atoms with Crippen LogP contribution in [-0.2, 0) is 12.6 Å². The Morgan fingerprint density at radius 1 is 0.966 bits per heavy atom. The lowest BCUT2D eigenvalue weighted by molar-refractivity contribution is -0.137. The summed E-state index contributed by atoms with van der Waals surface area (Å²) in [5, 5.41) is 5.12. The standard InChI is InChI=1S/C23H19F3N2O/c1-2-3-6-17-13-16-7-4-5-8-19(16)27-22(17)21-14-20(28-29-21)15-9-11-18(12-10-15)23(24,25)26/h4-5,7-14H,2-3,6H2,1H3. The molecule has 0 radical (unpaired) electrons. The van der Waals surface area contributed by atoms with Crippen molar-refractivity contribution in [2.75, 3.05) is 0 Å². The van der Waals surface area contributed by atoms with Gasteiger partial charge in [-0.05, 0) is 42.7 Å². The fourth-order valence-electron chi connectivity index (χ4n) is 3.28. The molecule has 148 valence electrons. The van der Waals surface area contributed by atoms with Crippen molar-refractivity contribution >= 4 is 10.9 Å². The molecule has 4 aromatic rings. The fraction of sp³-hybridized carbons (Fsp3) is 0.217. The molecule has 3 nitrogen and oxygen atoms in total. The van der Waals surface area contributed by atoms with Crippen molar-refractivity contribution in [3.63, 3.8) is 0 Å². The molecule has 0 bridgehead atoms. The highest BCUT2D eigenvalue weighted by atomic mass is 19.4. The smallest absolute Gasteiger partial charge is 0.354 e. The van der Waals surface area contributed by atoms with E-state index in [1.54, 1.807) is 6.07 Å². The first-order chi connectivity index (χ1) is 14.0. The number of unbranched alkanes of at least 4 members (excludes halogenated alkanes) is 1. The van der Waals surface area contributed by atoms with Crippen LogP contribution in [0.3, 0.4) is 0 Å². The van der Waals surface area contributed by atoms with E-state index < -0.39 is 11.7 Å². The highest BCUT2D eigenvalue weighted by Gasteiger charge is 2.30. The molecule has 0 saturated carbocycles. The predicted octanol–water partition coefficient (Wildman–Crippen LogP) is 6.92. The Hall–Kier alpha value is -3.15. The summed E-state index contributed by atoms with van der Waals surface area (Å²) in [6.07, 6.45) is -1.43. The molecule has 2 aromatic carbocycles. The maximum Gasteiger partial charge on any atom is 0.416 e. The van der Waals surface area contributed by atoms with Crippen LogP contribution in [0.5, 0.6) is 0 Å². The second-order valence-corrected chi connectivity index (χ2v) is 6.94. The molecule has 2 aromatic heterocycles. The van der Waals surface area contributed by atoms with Crippen molar-refractivity contribution < 1.29 is 17.7 Å². The molecule has 0 atom stereocenters. The lowest BCUT2D eigenvalue weighted by atomic mass is 10.0. The number of aryl methyl sites for hydroxylation is 1. The molecule has 0 amide bonds. The molecule has 0 aliphatic rings. The number of hydrogen-bond donors (Lipinski definition) is 0. The molecule has 0 spiro atoms. The van der Waals surface area contributed by atoms with Crippen LogP contribution in [0.25, 0.3) is 33.6 Å². The van der Waals surface area contributed by atoms with Gasteiger partial charge in [-0.3, -0.25) is 0 Å². The second kappa shape index (κ2) is 7.70. The van der Waals surface area contributed by atoms with Crippen molar-refractivity contribution in [3.8, 4) is 22.7 Å². The van der Waals surface area contributed by atoms with E-state index in [4.69, 9.17) is 9.51 Å². The quantitative estimate of drug-likeness (QED) is 0.368. The molecule has 6 heteroatoms. The van der Waals surface area contributed by atoms with Gasteiger partial charge >= 0.3 is 6.18 Å². The number of alkyl halides is 3. The highest BCUT2D eigenvalue weighted by Crippen LogP contribution is 2.33. The minimum Gasteiger partial charge on any atom is -0.354 e. The van der Waals surface area contributed by atoms with E-state index in [2.05, 4.69) is 18.1 Å². The number of halogens is 3. The van der Waals surface area contributed by atoms with Crippen LogP contribution in [0.2, 0.25) is 0 Å². The minimum atomic E-state index is -4.36. The second-order valence-electron chi connectivity index (χ2n) is 6.94. The number of aromatic nitrogens is 2. The molecule has 29 heavy (non-hydrogen) atoms. The Kier molecular flexibility index (Phi) is 5.09. The van der Waals surface area contributed by atoms with Crippen molar-refractivity contribution in [3.05, 3.63) is 71.8 Å². The average Bonchev–Trinajstić information content (AvgIpc) is 3.21. The molecule has 0 unspecified atom stereocenters. The molecular formula is C23H19F3N2O. The fourth-order valence-corrected chi connectivity index (χ4v) is 3.28. The van der Waals surface area contributed by atoms with E-state index in [0.29, 0.717) is 17.0 Å². The molecule has 0 aliphatic carbocycles. The lowest BCUT2D eigenvalue weighted by Crippen LogP contribution is -2.03. The van der Waals surface area contributed by atoms with Gasteiger partial charge in [-0.25, -0.2) is 4.98 Å². The number of rotatable bonds is 5. The highest BCUT2D eigenvalue weighted by molar-refractivity contribution is 5.83. The van der Waals surface area contributed by atoms with E-state index >= 15 is 0 Å². The summed E-state index contributed by atoms with van der Waals surface area (Å²) < 4.78 is 43.9. The number of para-hydroxylation sites is 1. The molecule has 0 saturated heterocycles. The Morgan fingerprint density at radius 3 is 2.45 bits per heavy atom. The molecular weight excluding hydrogens is 377 g/mol. The van der Waals surface area contributed by atoms with Gasteiger partial charge in [0.15, 0.2) is 5.76 Å². The van der Waals surface area contributed by atoms with E-state index in [1.165, 1.54) is 12.1 Å². The van der Waals surface area contributed by atoms with Gasteiger partial charge < -0.3 is 4.52 Å². The maximum absolute atomic E-state index is 12.8. The summed E-state index contributed by atoms with van der Waals surface area (Å²) in [4.78, 5) is 4.77. The van der Waals surface area contributed by atoms with Gasteiger partial charge in [0.1, 0.15) is 11.4 Å². The summed E-state index contributed by atoms with van der Waals surface area (Å²) in [6.45, 7) is 2.13. The van der Waals surface area contributed by atoms with Crippen molar-refractivity contribution in [2.45, 2.75) is 32.4 Å². The minimum absolute atomic E-state index is 0.477. The third-order valence-corrected chi connectivity index (χ3v) is 4.85. The number of pyridine rings is 1. The van der Waals surface area contributed by atoms with Gasteiger partial charge in [0, 0.05) is 17.0 Å². The van der Waals surface area contributed by atoms with Crippen LogP contribution in [-0.4, -0.2) is 10.1 Å². The van der Waals surface area contributed by atoms with Crippen LogP contribution in [0.15, 0.2) is 65.2 Å². The van der Waals surface area contributed by atoms with Crippen LogP contribution in [0.1, 0.15) is 30.9 Å². The number of nitrogens with zero attached hydrogens (tertiary/aromatic N) is 2. The van der Waals surface area contributed by atoms with Crippen molar-refractivity contribution in [2.24, 2.45) is 0 Å². The Morgan fingerprint density at radius 2 is 1.72 bits per heavy atom. The molecule has 0 fully saturated rings. The first-order valence-corrected chi connectivity index (χ1v) is 9.49. The van der Waals surface area contributed by atoms with E-state index in [-0.39, 0.29) is 0 Å². The summed E-state index contributed by atoms with van der Waals surface area (Å²) in [5.74, 6) is 0.511. The zero-order valence-electron chi connectivity index (χ0n) is 15.8. The van der Waals surface area contributed by atoms with Crippen molar-refractivity contribution in [1.82, 2.24) is 10.1 Å². The normalized spacial score (nSPS) is 11.9. The number of benzene rings is 2. The first-order valence-electron chi connectivity index (χ1n) is 9.49. The Labute approximate surface area is 166 Å². The van der Waals surface area contributed by atoms with Gasteiger partial charge in [-0.1, -0.05) is 48.8 Å². The Balaban J connectivity index is 1.72. The summed E-state index contributed by atoms with van der Waals surface area (Å²) in [5.41, 5.74) is 3.00. The largest absolute Gasteiger partial charge is 0.416 e. The zero-order chi connectivity index (χ0) is 20.4. The topological polar surface area (TPSA) is 38.9 Å². The SMILES string of the molecule is CCCCc1cc2ccccc2nc1-c1cc(-c2ccc(C(F)(F)F)cc2)no1. The van der Waals surface area contributed by atoms with Gasteiger partial charge in [0.25, 0.3) is 0 Å². The third kappa shape index (κ3) is 4.01. The van der Waals surface area contributed by atoms with Crippen molar-refractivity contribution in [1.29, 1.82) is 0 Å². The van der Waals surface area contributed by atoms with Crippen LogP contribution < -0.4 is 0 Å². The predicted molar refractivity (Wildman–Crippen MR) is 106 cm³/mol. The molecule has 2 heterocycles. The number of fused-ring (bicyclic) bond motifs is 1. The van der Waals surface area contributed by atoms with E-state index in [1.807, 2.05) is 24.3 Å². The summed E-state index contributed by atoms with van der Waals surface area (Å²) >= 11 is 0. The average molecular weight is 396 g/mol. The summed E-state index contributed by atoms with van der Waals surface area (Å²) in [7, 11) is 0. The van der Waals surface area contributed by atoms with Gasteiger partial charge in [-0.2, -0.15) is 13.2 Å². The lowest BCUT2D eigenvalue weighted by Gasteiger charge is -2.08. The van der Waals surface area contributed by atoms with Gasteiger partial charge in [0.2, 0.25) is 0 Å². The van der Waals surface area contributed by atoms with Crippen LogP contribution >= 0.6 is 0 Å². The third-order valence-electron chi connectivity index (χ3n) is 4.85. The maximum atomic E-state index is 12.8. The van der Waals surface area contributed by atoms with Gasteiger partial charge in [-0.15, -0.1) is 0 Å². The molecule has 4 rings (SSSR count). The first kappa shape index (κ1) is 19.2. The van der Waals surface area contributed by atoms with Gasteiger partial charge in [0.05, 0.1) is 11.1 Å². The van der Waals surface area contributed by atoms with E-state index in [9.17, 15) is 13.2 Å². The molecule has 0 aliphatic heterocycles. The summed E-state index contributed by atoms with van der Waals surface area (Å²) in [6, 6.07) is 16.6.